The second-order valence-corrected chi connectivity index (χ2v) is 15.6. The Balaban J connectivity index is 1.14. The van der Waals surface area contributed by atoms with E-state index in [9.17, 15) is 0 Å². The van der Waals surface area contributed by atoms with Crippen molar-refractivity contribution in [2.75, 3.05) is 4.90 Å². The number of hydrogen-bond donors (Lipinski definition) is 0. The predicted molar refractivity (Wildman–Crippen MR) is 244 cm³/mol. The Kier molecular flexibility index (Phi) is 6.50. The van der Waals surface area contributed by atoms with Crippen molar-refractivity contribution in [2.24, 2.45) is 0 Å². The monoisotopic (exact) mass is 738 g/mol. The molecule has 0 amide bonds. The van der Waals surface area contributed by atoms with Crippen LogP contribution in [0.25, 0.3) is 92.7 Å². The molecule has 0 fully saturated rings. The molecule has 3 aromatic heterocycles. The highest BCUT2D eigenvalue weighted by Crippen LogP contribution is 2.46. The topological polar surface area (TPSA) is 20.8 Å². The molecule has 3 heteroatoms. The van der Waals surface area contributed by atoms with Gasteiger partial charge in [-0.3, -0.25) is 0 Å². The van der Waals surface area contributed by atoms with Gasteiger partial charge >= 0.3 is 0 Å². The number of benzene rings is 9. The van der Waals surface area contributed by atoms with E-state index >= 15 is 0 Å². The molecular weight excluding hydrogens is 705 g/mol. The van der Waals surface area contributed by atoms with Gasteiger partial charge in [-0.05, 0) is 98.8 Å². The fourth-order valence-corrected chi connectivity index (χ4v) is 10.1. The van der Waals surface area contributed by atoms with Crippen LogP contribution in [0.15, 0.2) is 199 Å². The molecule has 0 N–H and O–H groups in total. The van der Waals surface area contributed by atoms with Gasteiger partial charge in [0.05, 0.1) is 22.2 Å². The number of nitrogens with zero attached hydrogens (tertiary/aromatic N) is 2. The highest BCUT2D eigenvalue weighted by atomic mass is 16.3. The first-order valence-electron chi connectivity index (χ1n) is 20.1. The maximum Gasteiger partial charge on any atom is 0.159 e. The Morgan fingerprint density at radius 3 is 1.78 bits per heavy atom. The first kappa shape index (κ1) is 31.6. The van der Waals surface area contributed by atoms with E-state index in [-0.39, 0.29) is 0 Å². The number of furan rings is 1. The van der Waals surface area contributed by atoms with E-state index in [1.54, 1.807) is 0 Å². The lowest BCUT2D eigenvalue weighted by molar-refractivity contribution is 0.669. The fourth-order valence-electron chi connectivity index (χ4n) is 10.1. The van der Waals surface area contributed by atoms with Gasteiger partial charge in [-0.1, -0.05) is 146 Å². The Labute approximate surface area is 333 Å². The summed E-state index contributed by atoms with van der Waals surface area (Å²) in [6.45, 7) is 0. The van der Waals surface area contributed by atoms with Crippen molar-refractivity contribution in [1.82, 2.24) is 4.40 Å². The molecule has 0 saturated carbocycles. The molecule has 1 aliphatic carbocycles. The maximum atomic E-state index is 6.71. The highest BCUT2D eigenvalue weighted by molar-refractivity contribution is 6.27. The third-order valence-electron chi connectivity index (χ3n) is 12.5. The molecule has 58 heavy (non-hydrogen) atoms. The highest BCUT2D eigenvalue weighted by Gasteiger charge is 2.23. The second-order valence-electron chi connectivity index (χ2n) is 15.6. The van der Waals surface area contributed by atoms with Crippen molar-refractivity contribution in [3.8, 4) is 11.1 Å². The van der Waals surface area contributed by atoms with Crippen LogP contribution in [-0.4, -0.2) is 4.40 Å². The largest absolute Gasteiger partial charge is 0.454 e. The number of rotatable bonds is 4. The summed E-state index contributed by atoms with van der Waals surface area (Å²) in [6.07, 6.45) is 0.955. The van der Waals surface area contributed by atoms with Crippen molar-refractivity contribution in [1.29, 1.82) is 0 Å². The molecule has 0 spiro atoms. The van der Waals surface area contributed by atoms with Gasteiger partial charge in [0.25, 0.3) is 0 Å². The van der Waals surface area contributed by atoms with Crippen LogP contribution < -0.4 is 4.90 Å². The number of hydrogen-bond acceptors (Lipinski definition) is 2. The molecule has 0 unspecified atom stereocenters. The number of aromatic nitrogens is 1. The predicted octanol–water partition coefficient (Wildman–Crippen LogP) is 15.2. The first-order valence-corrected chi connectivity index (χ1v) is 20.1. The van der Waals surface area contributed by atoms with E-state index in [2.05, 4.69) is 197 Å². The summed E-state index contributed by atoms with van der Waals surface area (Å²) in [5.41, 5.74) is 13.6. The minimum Gasteiger partial charge on any atom is -0.454 e. The summed E-state index contributed by atoms with van der Waals surface area (Å²) in [5, 5.41) is 12.5. The van der Waals surface area contributed by atoms with Gasteiger partial charge in [0.2, 0.25) is 0 Å². The van der Waals surface area contributed by atoms with Gasteiger partial charge in [0.15, 0.2) is 5.58 Å². The zero-order valence-corrected chi connectivity index (χ0v) is 31.5. The third-order valence-corrected chi connectivity index (χ3v) is 12.5. The zero-order chi connectivity index (χ0) is 37.9. The average molecular weight is 739 g/mol. The molecule has 13 rings (SSSR count). The molecule has 0 radical (unpaired) electrons. The van der Waals surface area contributed by atoms with Crippen molar-refractivity contribution in [3.63, 3.8) is 0 Å². The summed E-state index contributed by atoms with van der Waals surface area (Å²) < 4.78 is 9.24. The van der Waals surface area contributed by atoms with E-state index < -0.39 is 0 Å². The van der Waals surface area contributed by atoms with Crippen molar-refractivity contribution in [2.45, 2.75) is 6.42 Å². The van der Waals surface area contributed by atoms with Crippen LogP contribution in [0.2, 0.25) is 0 Å². The van der Waals surface area contributed by atoms with Gasteiger partial charge in [-0.2, -0.15) is 0 Å². The molecule has 270 valence electrons. The number of para-hydroxylation sites is 4. The molecule has 3 heterocycles. The van der Waals surface area contributed by atoms with Crippen LogP contribution in [-0.2, 0) is 6.42 Å². The van der Waals surface area contributed by atoms with Crippen LogP contribution in [0.4, 0.5) is 17.1 Å². The van der Waals surface area contributed by atoms with Crippen LogP contribution in [0.5, 0.6) is 0 Å². The zero-order valence-electron chi connectivity index (χ0n) is 31.5. The minimum atomic E-state index is 0.868. The Morgan fingerprint density at radius 1 is 0.397 bits per heavy atom. The summed E-state index contributed by atoms with van der Waals surface area (Å²) in [5.74, 6) is 0. The van der Waals surface area contributed by atoms with Gasteiger partial charge in [-0.15, -0.1) is 0 Å². The fraction of sp³-hybridized carbons (Fsp3) is 0.0182. The van der Waals surface area contributed by atoms with E-state index in [0.717, 1.165) is 45.4 Å². The standard InChI is InChI=1S/C55H34N2O/c1-2-12-34(13-3-1)35-26-28-38(29-27-35)56(50-24-11-22-46-41-17-5-7-25-51(41)58-55(46)50)39-30-31-49-47(33-39)45-21-10-20-44-43-19-9-15-37-32-36-14-8-18-42(52(36)53(37)43)40-16-4-6-23-48(40)57(49)54(44)45/h1-31,33H,32H2. The molecule has 0 aliphatic heterocycles. The molecule has 12 aromatic rings. The van der Waals surface area contributed by atoms with Crippen LogP contribution in [0.3, 0.4) is 0 Å². The normalized spacial score (nSPS) is 12.4. The average Bonchev–Trinajstić information content (AvgIpc) is 3.97. The van der Waals surface area contributed by atoms with Crippen molar-refractivity contribution >= 4 is 98.6 Å². The molecule has 0 atom stereocenters. The molecular formula is C55H34N2O. The Hall–Kier alpha value is -7.62. The summed E-state index contributed by atoms with van der Waals surface area (Å²) >= 11 is 0. The molecule has 3 nitrogen and oxygen atoms in total. The summed E-state index contributed by atoms with van der Waals surface area (Å²) in [7, 11) is 0. The lowest BCUT2D eigenvalue weighted by atomic mass is 10.0. The van der Waals surface area contributed by atoms with E-state index in [1.165, 1.54) is 81.9 Å². The van der Waals surface area contributed by atoms with Gasteiger partial charge < -0.3 is 13.7 Å². The number of fused-ring (bicyclic) bond motifs is 10. The van der Waals surface area contributed by atoms with Crippen LogP contribution in [0.1, 0.15) is 11.1 Å². The molecule has 9 aromatic carbocycles. The van der Waals surface area contributed by atoms with Gasteiger partial charge in [-0.25, -0.2) is 0 Å². The van der Waals surface area contributed by atoms with Gasteiger partial charge in [0, 0.05) is 43.7 Å². The summed E-state index contributed by atoms with van der Waals surface area (Å²) in [6, 6.07) is 71.0. The Morgan fingerprint density at radius 2 is 0.966 bits per heavy atom. The summed E-state index contributed by atoms with van der Waals surface area (Å²) in [4.78, 5) is 2.37. The maximum absolute atomic E-state index is 6.71. The van der Waals surface area contributed by atoms with Crippen molar-refractivity contribution < 1.29 is 4.42 Å². The second kappa shape index (κ2) is 11.9. The minimum absolute atomic E-state index is 0.868. The third kappa shape index (κ3) is 4.38. The quantitative estimate of drug-likeness (QED) is 0.179. The lowest BCUT2D eigenvalue weighted by Gasteiger charge is -2.26. The molecule has 0 bridgehead atoms. The van der Waals surface area contributed by atoms with Crippen LogP contribution >= 0.6 is 0 Å². The number of anilines is 3. The molecule has 0 saturated heterocycles. The Bertz CT molecular complexity index is 3700. The van der Waals surface area contributed by atoms with E-state index in [0.29, 0.717) is 0 Å². The smallest absolute Gasteiger partial charge is 0.159 e. The SMILES string of the molecule is c1ccc(-c2ccc(N(c3ccc4c(c3)c3cccc5c6cccc7c6c6c(cccc6c6ccccc6n4c53)C7)c3cccc4c3oc3ccccc34)cc2)cc1. The lowest BCUT2D eigenvalue weighted by Crippen LogP contribution is -2.10. The van der Waals surface area contributed by atoms with Gasteiger partial charge in [0.1, 0.15) is 5.58 Å². The van der Waals surface area contributed by atoms with Crippen molar-refractivity contribution in [3.05, 3.63) is 205 Å². The van der Waals surface area contributed by atoms with E-state index in [1.807, 2.05) is 6.07 Å². The first-order chi connectivity index (χ1) is 28.8. The molecule has 1 aliphatic rings. The van der Waals surface area contributed by atoms with E-state index in [4.69, 9.17) is 4.42 Å². The van der Waals surface area contributed by atoms with Crippen LogP contribution in [0, 0.1) is 0 Å².